The summed E-state index contributed by atoms with van der Waals surface area (Å²) in [5.41, 5.74) is 0.921. The van der Waals surface area contributed by atoms with Gasteiger partial charge in [0.25, 0.3) is 0 Å². The van der Waals surface area contributed by atoms with Gasteiger partial charge in [0.1, 0.15) is 5.82 Å². The fourth-order valence-corrected chi connectivity index (χ4v) is 1.08. The number of halogens is 1. The number of anilines is 1. The zero-order chi connectivity index (χ0) is 9.68. The molecule has 0 saturated heterocycles. The summed E-state index contributed by atoms with van der Waals surface area (Å²) in [4.78, 5) is 8.28. The minimum absolute atomic E-state index is 0.199. The van der Waals surface area contributed by atoms with Gasteiger partial charge in [0.2, 0.25) is 0 Å². The van der Waals surface area contributed by atoms with Crippen LogP contribution in [0.4, 0.5) is 5.82 Å². The summed E-state index contributed by atoms with van der Waals surface area (Å²) in [6, 6.07) is 0. The second kappa shape index (κ2) is 5.02. The Bertz CT molecular complexity index is 263. The van der Waals surface area contributed by atoms with Crippen LogP contribution in [0.5, 0.6) is 0 Å². The van der Waals surface area contributed by atoms with Crippen molar-refractivity contribution >= 4 is 17.4 Å². The highest BCUT2D eigenvalue weighted by Gasteiger charge is 1.99. The van der Waals surface area contributed by atoms with Crippen molar-refractivity contribution in [3.05, 3.63) is 18.1 Å². The van der Waals surface area contributed by atoms with Crippen LogP contribution in [0.1, 0.15) is 19.0 Å². The molecule has 0 fully saturated rings. The average Bonchev–Trinajstić information content (AvgIpc) is 2.08. The normalized spacial score (nSPS) is 12.5. The van der Waals surface area contributed by atoms with Crippen molar-refractivity contribution in [1.29, 1.82) is 0 Å². The van der Waals surface area contributed by atoms with Crippen LogP contribution in [0.2, 0.25) is 0 Å². The van der Waals surface area contributed by atoms with Gasteiger partial charge in [-0.1, -0.05) is 0 Å². The molecule has 1 atom stereocenters. The van der Waals surface area contributed by atoms with Gasteiger partial charge < -0.3 is 5.32 Å². The third-order valence-corrected chi connectivity index (χ3v) is 1.93. The number of aryl methyl sites for hydroxylation is 1. The SMILES string of the molecule is Cc1nccnc1NCCC(C)Cl. The summed E-state index contributed by atoms with van der Waals surface area (Å²) < 4.78 is 0. The predicted molar refractivity (Wildman–Crippen MR) is 55.2 cm³/mol. The summed E-state index contributed by atoms with van der Waals surface area (Å²) in [6.45, 7) is 4.75. The highest BCUT2D eigenvalue weighted by molar-refractivity contribution is 6.20. The lowest BCUT2D eigenvalue weighted by Crippen LogP contribution is -2.08. The Morgan fingerprint density at radius 3 is 2.77 bits per heavy atom. The first-order chi connectivity index (χ1) is 6.20. The van der Waals surface area contributed by atoms with E-state index >= 15 is 0 Å². The predicted octanol–water partition coefficient (Wildman–Crippen LogP) is 2.21. The lowest BCUT2D eigenvalue weighted by atomic mass is 10.3. The molecule has 0 radical (unpaired) electrons. The van der Waals surface area contributed by atoms with Crippen molar-refractivity contribution in [2.24, 2.45) is 0 Å². The molecule has 0 aliphatic rings. The number of nitrogens with zero attached hydrogens (tertiary/aromatic N) is 2. The topological polar surface area (TPSA) is 37.8 Å². The zero-order valence-corrected chi connectivity index (χ0v) is 8.67. The fraction of sp³-hybridized carbons (Fsp3) is 0.556. The smallest absolute Gasteiger partial charge is 0.147 e. The lowest BCUT2D eigenvalue weighted by molar-refractivity contribution is 0.836. The fourth-order valence-electron chi connectivity index (χ4n) is 0.971. The molecule has 4 heteroatoms. The van der Waals surface area contributed by atoms with Crippen LogP contribution in [-0.2, 0) is 0 Å². The number of aromatic nitrogens is 2. The molecule has 0 spiro atoms. The first-order valence-corrected chi connectivity index (χ1v) is 4.79. The van der Waals surface area contributed by atoms with E-state index in [4.69, 9.17) is 11.6 Å². The van der Waals surface area contributed by atoms with Gasteiger partial charge in [-0.05, 0) is 20.3 Å². The molecule has 0 bridgehead atoms. The van der Waals surface area contributed by atoms with E-state index in [9.17, 15) is 0 Å². The standard InChI is InChI=1S/C9H14ClN3/c1-7(10)3-4-12-9-8(2)11-5-6-13-9/h5-7H,3-4H2,1-2H3,(H,12,13). The molecule has 1 N–H and O–H groups in total. The van der Waals surface area contributed by atoms with Crippen molar-refractivity contribution in [3.63, 3.8) is 0 Å². The van der Waals surface area contributed by atoms with Crippen LogP contribution >= 0.6 is 11.6 Å². The van der Waals surface area contributed by atoms with Crippen molar-refractivity contribution in [3.8, 4) is 0 Å². The van der Waals surface area contributed by atoms with Gasteiger partial charge in [0.05, 0.1) is 5.69 Å². The minimum Gasteiger partial charge on any atom is -0.369 e. The molecule has 1 aromatic heterocycles. The third kappa shape index (κ3) is 3.59. The number of alkyl halides is 1. The zero-order valence-electron chi connectivity index (χ0n) is 7.92. The second-order valence-corrected chi connectivity index (χ2v) is 3.73. The number of nitrogens with one attached hydrogen (secondary N) is 1. The summed E-state index contributed by atoms with van der Waals surface area (Å²) in [6.07, 6.45) is 4.29. The number of hydrogen-bond donors (Lipinski definition) is 1. The molecule has 0 aliphatic carbocycles. The summed E-state index contributed by atoms with van der Waals surface area (Å²) in [5, 5.41) is 3.38. The molecular weight excluding hydrogens is 186 g/mol. The molecule has 72 valence electrons. The monoisotopic (exact) mass is 199 g/mol. The minimum atomic E-state index is 0.199. The van der Waals surface area contributed by atoms with E-state index in [0.717, 1.165) is 24.5 Å². The Morgan fingerprint density at radius 1 is 1.46 bits per heavy atom. The highest BCUT2D eigenvalue weighted by atomic mass is 35.5. The van der Waals surface area contributed by atoms with Gasteiger partial charge in [-0.2, -0.15) is 0 Å². The van der Waals surface area contributed by atoms with E-state index in [2.05, 4.69) is 15.3 Å². The highest BCUT2D eigenvalue weighted by Crippen LogP contribution is 2.07. The molecule has 0 saturated carbocycles. The van der Waals surface area contributed by atoms with Crippen LogP contribution in [0.15, 0.2) is 12.4 Å². The maximum absolute atomic E-state index is 5.81. The van der Waals surface area contributed by atoms with E-state index < -0.39 is 0 Å². The molecule has 13 heavy (non-hydrogen) atoms. The van der Waals surface area contributed by atoms with E-state index in [-0.39, 0.29) is 5.38 Å². The van der Waals surface area contributed by atoms with Gasteiger partial charge in [-0.15, -0.1) is 11.6 Å². The van der Waals surface area contributed by atoms with Crippen molar-refractivity contribution < 1.29 is 0 Å². The van der Waals surface area contributed by atoms with Gasteiger partial charge in [0, 0.05) is 24.3 Å². The van der Waals surface area contributed by atoms with Crippen LogP contribution in [0.25, 0.3) is 0 Å². The van der Waals surface area contributed by atoms with Gasteiger partial charge >= 0.3 is 0 Å². The van der Waals surface area contributed by atoms with Crippen molar-refractivity contribution in [1.82, 2.24) is 9.97 Å². The van der Waals surface area contributed by atoms with E-state index in [0.29, 0.717) is 0 Å². The summed E-state index contributed by atoms with van der Waals surface area (Å²) in [5.74, 6) is 0.847. The third-order valence-electron chi connectivity index (χ3n) is 1.72. The first-order valence-electron chi connectivity index (χ1n) is 4.35. The second-order valence-electron chi connectivity index (χ2n) is 2.99. The lowest BCUT2D eigenvalue weighted by Gasteiger charge is -2.07. The molecule has 1 unspecified atom stereocenters. The van der Waals surface area contributed by atoms with Crippen LogP contribution in [-0.4, -0.2) is 21.9 Å². The molecule has 1 aromatic rings. The Hall–Kier alpha value is -0.830. The van der Waals surface area contributed by atoms with E-state index in [1.54, 1.807) is 12.4 Å². The largest absolute Gasteiger partial charge is 0.369 e. The Labute approximate surface area is 83.5 Å². The van der Waals surface area contributed by atoms with Crippen LogP contribution in [0.3, 0.4) is 0 Å². The Balaban J connectivity index is 2.41. The number of rotatable bonds is 4. The molecule has 1 heterocycles. The first kappa shape index (κ1) is 10.3. The number of hydrogen-bond acceptors (Lipinski definition) is 3. The van der Waals surface area contributed by atoms with E-state index in [1.165, 1.54) is 0 Å². The van der Waals surface area contributed by atoms with Gasteiger partial charge in [-0.3, -0.25) is 4.98 Å². The van der Waals surface area contributed by atoms with Gasteiger partial charge in [-0.25, -0.2) is 4.98 Å². The quantitative estimate of drug-likeness (QED) is 0.756. The van der Waals surface area contributed by atoms with Gasteiger partial charge in [0.15, 0.2) is 0 Å². The van der Waals surface area contributed by atoms with Crippen molar-refractivity contribution in [2.75, 3.05) is 11.9 Å². The van der Waals surface area contributed by atoms with E-state index in [1.807, 2.05) is 13.8 Å². The summed E-state index contributed by atoms with van der Waals surface area (Å²) in [7, 11) is 0. The molecule has 3 nitrogen and oxygen atoms in total. The average molecular weight is 200 g/mol. The molecule has 0 aliphatic heterocycles. The molecule has 1 rings (SSSR count). The molecular formula is C9H14ClN3. The maximum Gasteiger partial charge on any atom is 0.147 e. The summed E-state index contributed by atoms with van der Waals surface area (Å²) >= 11 is 5.81. The Kier molecular flexibility index (Phi) is 3.96. The molecule has 0 amide bonds. The van der Waals surface area contributed by atoms with Crippen LogP contribution in [0, 0.1) is 6.92 Å². The van der Waals surface area contributed by atoms with Crippen LogP contribution < -0.4 is 5.32 Å². The van der Waals surface area contributed by atoms with Crippen molar-refractivity contribution in [2.45, 2.75) is 25.6 Å². The molecule has 0 aromatic carbocycles. The maximum atomic E-state index is 5.81. The Morgan fingerprint density at radius 2 is 2.15 bits per heavy atom.